The number of nitrogens with one attached hydrogen (secondary N) is 2. The first-order valence-electron chi connectivity index (χ1n) is 9.86. The highest BCUT2D eigenvalue weighted by Crippen LogP contribution is 2.21. The van der Waals surface area contributed by atoms with Crippen LogP contribution in [0.1, 0.15) is 25.5 Å². The van der Waals surface area contributed by atoms with Crippen molar-refractivity contribution in [1.29, 1.82) is 0 Å². The predicted octanol–water partition coefficient (Wildman–Crippen LogP) is 2.55. The fraction of sp³-hybridized carbons (Fsp3) is 0.273. The molecule has 10 heteroatoms. The van der Waals surface area contributed by atoms with Crippen molar-refractivity contribution in [1.82, 2.24) is 19.8 Å². The Balaban J connectivity index is 1.75. The molecular formula is C22H25FN4O4S. The third kappa shape index (κ3) is 5.92. The van der Waals surface area contributed by atoms with Gasteiger partial charge >= 0.3 is 0 Å². The normalized spacial score (nSPS) is 12.9. The summed E-state index contributed by atoms with van der Waals surface area (Å²) in [4.78, 5) is 13.0. The van der Waals surface area contributed by atoms with Crippen molar-refractivity contribution in [2.24, 2.45) is 7.05 Å². The van der Waals surface area contributed by atoms with Gasteiger partial charge in [0.25, 0.3) is 5.91 Å². The summed E-state index contributed by atoms with van der Waals surface area (Å²) in [5.74, 6) is -0.541. The molecule has 1 atom stereocenters. The molecule has 0 aliphatic heterocycles. The van der Waals surface area contributed by atoms with Gasteiger partial charge in [-0.05, 0) is 43.7 Å². The highest BCUT2D eigenvalue weighted by molar-refractivity contribution is 7.89. The quantitative estimate of drug-likeness (QED) is 0.511. The van der Waals surface area contributed by atoms with E-state index in [0.29, 0.717) is 11.3 Å². The second kappa shape index (κ2) is 9.49. The predicted molar refractivity (Wildman–Crippen MR) is 117 cm³/mol. The van der Waals surface area contributed by atoms with Gasteiger partial charge in [-0.1, -0.05) is 30.3 Å². The molecule has 0 saturated carbocycles. The first-order valence-corrected chi connectivity index (χ1v) is 11.3. The molecule has 0 aliphatic carbocycles. The lowest BCUT2D eigenvalue weighted by Crippen LogP contribution is -2.49. The zero-order chi connectivity index (χ0) is 23.4. The molecule has 2 N–H and O–H groups in total. The van der Waals surface area contributed by atoms with Crippen molar-refractivity contribution >= 4 is 15.9 Å². The first kappa shape index (κ1) is 23.4. The SMILES string of the molecule is Cn1cc(S(=O)(=O)NCC(NC(=O)C(C)(C)Oc2ccc(F)cc2)c2ccccc2)cn1. The van der Waals surface area contributed by atoms with Crippen molar-refractivity contribution in [2.75, 3.05) is 6.54 Å². The standard InChI is InChI=1S/C22H25FN4O4S/c1-22(2,31-18-11-9-17(23)10-12-18)21(28)26-20(16-7-5-4-6-8-16)14-25-32(29,30)19-13-24-27(3)15-19/h4-13,15,20,25H,14H2,1-3H3,(H,26,28). The highest BCUT2D eigenvalue weighted by Gasteiger charge is 2.32. The number of amides is 1. The number of halogens is 1. The van der Waals surface area contributed by atoms with Crippen molar-refractivity contribution in [3.8, 4) is 5.75 Å². The van der Waals surface area contributed by atoms with Crippen LogP contribution in [0.3, 0.4) is 0 Å². The van der Waals surface area contributed by atoms with E-state index in [4.69, 9.17) is 4.74 Å². The van der Waals surface area contributed by atoms with E-state index >= 15 is 0 Å². The van der Waals surface area contributed by atoms with Gasteiger partial charge in [-0.3, -0.25) is 9.48 Å². The van der Waals surface area contributed by atoms with Crippen LogP contribution in [-0.4, -0.2) is 36.3 Å². The van der Waals surface area contributed by atoms with Gasteiger partial charge in [-0.2, -0.15) is 5.10 Å². The lowest BCUT2D eigenvalue weighted by molar-refractivity contribution is -0.135. The molecule has 0 spiro atoms. The Morgan fingerprint density at radius 1 is 1.16 bits per heavy atom. The van der Waals surface area contributed by atoms with E-state index in [1.807, 2.05) is 6.07 Å². The molecule has 3 aromatic rings. The van der Waals surface area contributed by atoms with E-state index < -0.39 is 33.4 Å². The number of hydrogen-bond acceptors (Lipinski definition) is 5. The third-order valence-corrected chi connectivity index (χ3v) is 6.09. The van der Waals surface area contributed by atoms with Gasteiger partial charge in [-0.25, -0.2) is 17.5 Å². The van der Waals surface area contributed by atoms with Crippen LogP contribution in [0.5, 0.6) is 5.75 Å². The van der Waals surface area contributed by atoms with Crippen LogP contribution in [-0.2, 0) is 21.9 Å². The van der Waals surface area contributed by atoms with Crippen molar-refractivity contribution < 1.29 is 22.3 Å². The molecular weight excluding hydrogens is 435 g/mol. The minimum Gasteiger partial charge on any atom is -0.478 e. The third-order valence-electron chi connectivity index (χ3n) is 4.71. The molecule has 170 valence electrons. The smallest absolute Gasteiger partial charge is 0.264 e. The zero-order valence-corrected chi connectivity index (χ0v) is 18.8. The average molecular weight is 461 g/mol. The van der Waals surface area contributed by atoms with E-state index in [0.717, 1.165) is 0 Å². The van der Waals surface area contributed by atoms with Crippen molar-refractivity contribution in [3.63, 3.8) is 0 Å². The van der Waals surface area contributed by atoms with Crippen LogP contribution in [0.25, 0.3) is 0 Å². The largest absolute Gasteiger partial charge is 0.478 e. The summed E-state index contributed by atoms with van der Waals surface area (Å²) in [6.45, 7) is 3.07. The molecule has 0 radical (unpaired) electrons. The Kier molecular flexibility index (Phi) is 6.95. The molecule has 8 nitrogen and oxygen atoms in total. The number of aryl methyl sites for hydroxylation is 1. The van der Waals surface area contributed by atoms with Crippen LogP contribution in [0.4, 0.5) is 4.39 Å². The zero-order valence-electron chi connectivity index (χ0n) is 17.9. The van der Waals surface area contributed by atoms with Gasteiger partial charge in [-0.15, -0.1) is 0 Å². The summed E-state index contributed by atoms with van der Waals surface area (Å²) >= 11 is 0. The maximum atomic E-state index is 13.1. The number of aromatic nitrogens is 2. The van der Waals surface area contributed by atoms with Crippen LogP contribution >= 0.6 is 0 Å². The minimum atomic E-state index is -3.82. The molecule has 1 heterocycles. The number of carbonyl (C=O) groups is 1. The Morgan fingerprint density at radius 3 is 2.41 bits per heavy atom. The molecule has 32 heavy (non-hydrogen) atoms. The molecule has 1 unspecified atom stereocenters. The Bertz CT molecular complexity index is 1160. The van der Waals surface area contributed by atoms with E-state index in [1.54, 1.807) is 45.2 Å². The number of carbonyl (C=O) groups excluding carboxylic acids is 1. The first-order chi connectivity index (χ1) is 15.1. The van der Waals surface area contributed by atoms with E-state index in [-0.39, 0.29) is 11.4 Å². The van der Waals surface area contributed by atoms with E-state index in [2.05, 4.69) is 15.1 Å². The molecule has 3 rings (SSSR count). The Labute approximate surface area is 186 Å². The van der Waals surface area contributed by atoms with Crippen LogP contribution < -0.4 is 14.8 Å². The summed E-state index contributed by atoms with van der Waals surface area (Å²) in [7, 11) is -2.20. The number of ether oxygens (including phenoxy) is 1. The molecule has 1 amide bonds. The number of nitrogens with zero attached hydrogens (tertiary/aromatic N) is 2. The molecule has 0 fully saturated rings. The lowest BCUT2D eigenvalue weighted by atomic mass is 10.0. The van der Waals surface area contributed by atoms with E-state index in [9.17, 15) is 17.6 Å². The van der Waals surface area contributed by atoms with Gasteiger partial charge < -0.3 is 10.1 Å². The van der Waals surface area contributed by atoms with Gasteiger partial charge in [0.15, 0.2) is 5.60 Å². The number of sulfonamides is 1. The fourth-order valence-electron chi connectivity index (χ4n) is 2.93. The van der Waals surface area contributed by atoms with Crippen molar-refractivity contribution in [2.45, 2.75) is 30.4 Å². The van der Waals surface area contributed by atoms with Crippen LogP contribution in [0.2, 0.25) is 0 Å². The second-order valence-electron chi connectivity index (χ2n) is 7.70. The molecule has 0 saturated heterocycles. The van der Waals surface area contributed by atoms with Crippen molar-refractivity contribution in [3.05, 3.63) is 78.4 Å². The average Bonchev–Trinajstić information content (AvgIpc) is 3.20. The van der Waals surface area contributed by atoms with E-state index in [1.165, 1.54) is 41.3 Å². The summed E-state index contributed by atoms with van der Waals surface area (Å²) in [6, 6.07) is 13.7. The number of hydrogen-bond donors (Lipinski definition) is 2. The topological polar surface area (TPSA) is 102 Å². The molecule has 1 aromatic heterocycles. The number of rotatable bonds is 9. The Morgan fingerprint density at radius 2 is 1.81 bits per heavy atom. The van der Waals surface area contributed by atoms with Gasteiger partial charge in [0.05, 0.1) is 12.2 Å². The Hall–Kier alpha value is -3.24. The summed E-state index contributed by atoms with van der Waals surface area (Å²) in [5.41, 5.74) is -0.583. The monoisotopic (exact) mass is 460 g/mol. The summed E-state index contributed by atoms with van der Waals surface area (Å²) in [6.07, 6.45) is 2.64. The summed E-state index contributed by atoms with van der Waals surface area (Å²) < 4.78 is 48.0. The van der Waals surface area contributed by atoms with Gasteiger partial charge in [0, 0.05) is 19.8 Å². The molecule has 2 aromatic carbocycles. The van der Waals surface area contributed by atoms with Crippen LogP contribution in [0, 0.1) is 5.82 Å². The van der Waals surface area contributed by atoms with Crippen LogP contribution in [0.15, 0.2) is 71.9 Å². The minimum absolute atomic E-state index is 0.0260. The van der Waals surface area contributed by atoms with Gasteiger partial charge in [0.2, 0.25) is 10.0 Å². The highest BCUT2D eigenvalue weighted by atomic mass is 32.2. The molecule has 0 bridgehead atoms. The maximum Gasteiger partial charge on any atom is 0.264 e. The summed E-state index contributed by atoms with van der Waals surface area (Å²) in [5, 5.41) is 6.73. The lowest BCUT2D eigenvalue weighted by Gasteiger charge is -2.28. The van der Waals surface area contributed by atoms with Gasteiger partial charge in [0.1, 0.15) is 16.5 Å². The molecule has 0 aliphatic rings. The second-order valence-corrected chi connectivity index (χ2v) is 9.47. The maximum absolute atomic E-state index is 13.1. The number of benzene rings is 2. The fourth-order valence-corrected chi connectivity index (χ4v) is 3.96.